The molecule has 4 aromatic rings. The van der Waals surface area contributed by atoms with Crippen LogP contribution < -0.4 is 15.5 Å². The van der Waals surface area contributed by atoms with Crippen LogP contribution in [0.3, 0.4) is 0 Å². The summed E-state index contributed by atoms with van der Waals surface area (Å²) >= 11 is 0. The lowest BCUT2D eigenvalue weighted by Gasteiger charge is -2.09. The summed E-state index contributed by atoms with van der Waals surface area (Å²) < 4.78 is 22.9. The van der Waals surface area contributed by atoms with E-state index in [1.165, 1.54) is 12.1 Å². The van der Waals surface area contributed by atoms with E-state index in [2.05, 4.69) is 40.8 Å². The lowest BCUT2D eigenvalue weighted by Crippen LogP contribution is -2.03. The standard InChI is InChI=1S/C18H14FN7O2/c1-27-14-8-2-11(3-9-14)10-20-24-16-15(21-13-6-4-12(19)5-7-13)22-17-18(23-16)26-28-25-17/h2-10H,1H3,(H,21,22,25)(H,23,24,26)/b20-10-. The number of benzene rings is 2. The van der Waals surface area contributed by atoms with E-state index in [0.717, 1.165) is 11.3 Å². The molecule has 28 heavy (non-hydrogen) atoms. The monoisotopic (exact) mass is 379 g/mol. The molecule has 0 fully saturated rings. The predicted octanol–water partition coefficient (Wildman–Crippen LogP) is 3.35. The number of methoxy groups -OCH3 is 1. The lowest BCUT2D eigenvalue weighted by atomic mass is 10.2. The number of hydrogen-bond donors (Lipinski definition) is 2. The van der Waals surface area contributed by atoms with E-state index in [0.29, 0.717) is 17.3 Å². The average molecular weight is 379 g/mol. The van der Waals surface area contributed by atoms with Crippen molar-refractivity contribution in [1.29, 1.82) is 0 Å². The highest BCUT2D eigenvalue weighted by Crippen LogP contribution is 2.24. The van der Waals surface area contributed by atoms with Crippen molar-refractivity contribution in [1.82, 2.24) is 20.3 Å². The van der Waals surface area contributed by atoms with Crippen LogP contribution in [0, 0.1) is 5.82 Å². The Morgan fingerprint density at radius 2 is 1.64 bits per heavy atom. The number of nitrogens with one attached hydrogen (secondary N) is 2. The molecule has 0 amide bonds. The van der Waals surface area contributed by atoms with Gasteiger partial charge in [-0.05, 0) is 64.4 Å². The third-order valence-electron chi connectivity index (χ3n) is 3.72. The summed E-state index contributed by atoms with van der Waals surface area (Å²) in [6.07, 6.45) is 1.62. The van der Waals surface area contributed by atoms with Crippen LogP contribution in [-0.2, 0) is 0 Å². The number of anilines is 3. The number of ether oxygens (including phenoxy) is 1. The second-order valence-corrected chi connectivity index (χ2v) is 5.61. The summed E-state index contributed by atoms with van der Waals surface area (Å²) in [6.45, 7) is 0. The van der Waals surface area contributed by atoms with Crippen molar-refractivity contribution in [2.75, 3.05) is 17.9 Å². The third-order valence-corrected chi connectivity index (χ3v) is 3.72. The molecule has 0 radical (unpaired) electrons. The Morgan fingerprint density at radius 3 is 2.32 bits per heavy atom. The molecule has 10 heteroatoms. The van der Waals surface area contributed by atoms with Crippen molar-refractivity contribution in [3.05, 3.63) is 59.9 Å². The van der Waals surface area contributed by atoms with Gasteiger partial charge >= 0.3 is 0 Å². The molecular weight excluding hydrogens is 365 g/mol. The zero-order valence-corrected chi connectivity index (χ0v) is 14.6. The highest BCUT2D eigenvalue weighted by atomic mass is 19.1. The fraction of sp³-hybridized carbons (Fsp3) is 0.0556. The zero-order chi connectivity index (χ0) is 19.3. The van der Waals surface area contributed by atoms with Crippen molar-refractivity contribution >= 4 is 34.8 Å². The third kappa shape index (κ3) is 3.85. The van der Waals surface area contributed by atoms with Gasteiger partial charge in [-0.15, -0.1) is 0 Å². The van der Waals surface area contributed by atoms with Crippen molar-refractivity contribution in [3.63, 3.8) is 0 Å². The van der Waals surface area contributed by atoms with Crippen LogP contribution in [0.1, 0.15) is 5.56 Å². The van der Waals surface area contributed by atoms with Crippen LogP contribution >= 0.6 is 0 Å². The van der Waals surface area contributed by atoms with E-state index >= 15 is 0 Å². The summed E-state index contributed by atoms with van der Waals surface area (Å²) in [5.41, 5.74) is 4.76. The molecule has 0 spiro atoms. The molecule has 9 nitrogen and oxygen atoms in total. The maximum Gasteiger partial charge on any atom is 0.245 e. The second kappa shape index (κ2) is 7.66. The molecule has 0 saturated heterocycles. The van der Waals surface area contributed by atoms with Gasteiger partial charge < -0.3 is 10.1 Å². The maximum absolute atomic E-state index is 13.1. The fourth-order valence-electron chi connectivity index (χ4n) is 2.33. The van der Waals surface area contributed by atoms with Gasteiger partial charge in [0.1, 0.15) is 11.6 Å². The smallest absolute Gasteiger partial charge is 0.245 e. The molecule has 2 aromatic carbocycles. The first-order chi connectivity index (χ1) is 13.7. The molecule has 2 heterocycles. The molecule has 0 unspecified atom stereocenters. The van der Waals surface area contributed by atoms with Crippen LogP contribution in [0.25, 0.3) is 11.3 Å². The molecule has 0 aliphatic rings. The minimum absolute atomic E-state index is 0.229. The summed E-state index contributed by atoms with van der Waals surface area (Å²) in [7, 11) is 1.61. The van der Waals surface area contributed by atoms with E-state index in [9.17, 15) is 4.39 Å². The quantitative estimate of drug-likeness (QED) is 0.388. The molecule has 2 N–H and O–H groups in total. The Labute approximate surface area is 158 Å². The van der Waals surface area contributed by atoms with Crippen LogP contribution in [0.4, 0.5) is 21.7 Å². The normalized spacial score (nSPS) is 11.1. The van der Waals surface area contributed by atoms with E-state index in [-0.39, 0.29) is 17.1 Å². The summed E-state index contributed by atoms with van der Waals surface area (Å²) in [6, 6.07) is 13.2. The van der Waals surface area contributed by atoms with E-state index < -0.39 is 0 Å². The van der Waals surface area contributed by atoms with Crippen LogP contribution in [0.15, 0.2) is 58.3 Å². The number of nitrogens with zero attached hydrogens (tertiary/aromatic N) is 5. The largest absolute Gasteiger partial charge is 0.497 e. The van der Waals surface area contributed by atoms with Gasteiger partial charge in [0.05, 0.1) is 13.3 Å². The van der Waals surface area contributed by atoms with Crippen molar-refractivity contribution in [2.24, 2.45) is 5.10 Å². The number of fused-ring (bicyclic) bond motifs is 1. The van der Waals surface area contributed by atoms with Gasteiger partial charge in [0.15, 0.2) is 11.6 Å². The Hall–Kier alpha value is -4.08. The van der Waals surface area contributed by atoms with Gasteiger partial charge in [0, 0.05) is 5.69 Å². The fourth-order valence-corrected chi connectivity index (χ4v) is 2.33. The minimum Gasteiger partial charge on any atom is -0.497 e. The molecular formula is C18H14FN7O2. The Kier molecular flexibility index (Phi) is 4.74. The SMILES string of the molecule is COc1ccc(/C=N\Nc2nc3nonc3nc2Nc2ccc(F)cc2)cc1. The van der Waals surface area contributed by atoms with Gasteiger partial charge in [0.25, 0.3) is 0 Å². The van der Waals surface area contributed by atoms with Crippen LogP contribution in [0.5, 0.6) is 5.75 Å². The van der Waals surface area contributed by atoms with Gasteiger partial charge in [-0.2, -0.15) is 10.1 Å². The topological polar surface area (TPSA) is 110 Å². The number of hydrazone groups is 1. The molecule has 4 rings (SSSR count). The Morgan fingerprint density at radius 1 is 0.964 bits per heavy atom. The Bertz CT molecular complexity index is 1110. The zero-order valence-electron chi connectivity index (χ0n) is 14.6. The molecule has 140 valence electrons. The molecule has 0 saturated carbocycles. The van der Waals surface area contributed by atoms with Crippen molar-refractivity contribution in [2.45, 2.75) is 0 Å². The molecule has 2 aromatic heterocycles. The Balaban J connectivity index is 1.58. The first kappa shape index (κ1) is 17.3. The number of rotatable bonds is 6. The number of aromatic nitrogens is 4. The van der Waals surface area contributed by atoms with E-state index in [4.69, 9.17) is 4.74 Å². The summed E-state index contributed by atoms with van der Waals surface area (Å²) in [5, 5.41) is 14.6. The van der Waals surface area contributed by atoms with Gasteiger partial charge in [-0.3, -0.25) is 5.43 Å². The highest BCUT2D eigenvalue weighted by Gasteiger charge is 2.12. The predicted molar refractivity (Wildman–Crippen MR) is 101 cm³/mol. The maximum atomic E-state index is 13.1. The first-order valence-corrected chi connectivity index (χ1v) is 8.17. The van der Waals surface area contributed by atoms with Gasteiger partial charge in [0.2, 0.25) is 11.3 Å². The second-order valence-electron chi connectivity index (χ2n) is 5.61. The van der Waals surface area contributed by atoms with Crippen molar-refractivity contribution < 1.29 is 13.8 Å². The van der Waals surface area contributed by atoms with E-state index in [1.54, 1.807) is 25.5 Å². The first-order valence-electron chi connectivity index (χ1n) is 8.17. The molecule has 0 atom stereocenters. The lowest BCUT2D eigenvalue weighted by molar-refractivity contribution is 0.314. The molecule has 0 aliphatic carbocycles. The van der Waals surface area contributed by atoms with Crippen molar-refractivity contribution in [3.8, 4) is 5.75 Å². The number of hydrogen-bond acceptors (Lipinski definition) is 9. The van der Waals surface area contributed by atoms with Crippen LogP contribution in [-0.4, -0.2) is 33.6 Å². The average Bonchev–Trinajstić information content (AvgIpc) is 3.17. The highest BCUT2D eigenvalue weighted by molar-refractivity contribution is 5.81. The summed E-state index contributed by atoms with van der Waals surface area (Å²) in [4.78, 5) is 8.61. The van der Waals surface area contributed by atoms with Crippen LogP contribution in [0.2, 0.25) is 0 Å². The number of halogens is 1. The molecule has 0 aliphatic heterocycles. The van der Waals surface area contributed by atoms with E-state index in [1.807, 2.05) is 24.3 Å². The minimum atomic E-state index is -0.338. The molecule has 0 bridgehead atoms. The summed E-state index contributed by atoms with van der Waals surface area (Å²) in [5.74, 6) is 1.06. The van der Waals surface area contributed by atoms with Gasteiger partial charge in [-0.1, -0.05) is 0 Å². The van der Waals surface area contributed by atoms with Gasteiger partial charge in [-0.25, -0.2) is 14.0 Å².